The molecule has 188 valence electrons. The van der Waals surface area contributed by atoms with Crippen LogP contribution in [0.2, 0.25) is 0 Å². The number of carbonyl (C=O) groups excluding carboxylic acids is 1. The van der Waals surface area contributed by atoms with E-state index in [1.807, 2.05) is 0 Å². The second-order valence-electron chi connectivity index (χ2n) is 5.36. The summed E-state index contributed by atoms with van der Waals surface area (Å²) in [4.78, 5) is 9.59. The third-order valence-electron chi connectivity index (χ3n) is 1.80. The normalized spacial score (nSPS) is 12.5. The molecule has 0 aliphatic rings. The highest BCUT2D eigenvalue weighted by molar-refractivity contribution is 7.88. The third-order valence-corrected chi connectivity index (χ3v) is 4.82. The lowest BCUT2D eigenvalue weighted by Crippen LogP contribution is -2.20. The second kappa shape index (κ2) is 20.5. The van der Waals surface area contributed by atoms with Crippen LogP contribution in [0.4, 0.5) is 0 Å². The first-order valence-corrected chi connectivity index (χ1v) is 16.2. The number of sulfonamides is 1. The first kappa shape index (κ1) is 40.0. The van der Waals surface area contributed by atoms with E-state index < -0.39 is 35.0 Å². The molecule has 1 atom stereocenters. The van der Waals surface area contributed by atoms with Crippen molar-refractivity contribution in [3.8, 4) is 0 Å². The smallest absolute Gasteiger partial charge is 0.302 e. The second-order valence-corrected chi connectivity index (χ2v) is 14.0. The number of carbonyl (C=O) groups is 1. The van der Waals surface area contributed by atoms with Gasteiger partial charge in [0.2, 0.25) is 10.0 Å². The maximum absolute atomic E-state index is 10.4. The lowest BCUT2D eigenvalue weighted by molar-refractivity contribution is -0.137. The lowest BCUT2D eigenvalue weighted by atomic mass is 10.8. The molecule has 13 nitrogen and oxygen atoms in total. The zero-order valence-electron chi connectivity index (χ0n) is 19.5. The van der Waals surface area contributed by atoms with Crippen LogP contribution >= 0.6 is 14.9 Å². The standard InChI is InChI=1S/C3H9NO2S.C3H9O2P.C3H6O2.C2H8NO2P.C2H6O3S/c1-3-4-7(2,5)6;1-5-6(2,3)4;1-3(4)5-2;2*1-5-6(2,3)4/h4H,3H2,1-2H3;1-3H3;1-2H3;1-2H3,(H2,3,4);1-2H3. The van der Waals surface area contributed by atoms with Crippen molar-refractivity contribution in [1.29, 1.82) is 0 Å². The quantitative estimate of drug-likeness (QED) is 0.294. The van der Waals surface area contributed by atoms with Crippen LogP contribution in [-0.4, -0.2) is 90.3 Å². The number of hydrogen-bond donors (Lipinski definition) is 2. The zero-order chi connectivity index (χ0) is 25.8. The van der Waals surface area contributed by atoms with E-state index in [-0.39, 0.29) is 5.97 Å². The van der Waals surface area contributed by atoms with Gasteiger partial charge in [-0.25, -0.2) is 13.1 Å². The molecule has 30 heavy (non-hydrogen) atoms. The predicted molar refractivity (Wildman–Crippen MR) is 119 cm³/mol. The summed E-state index contributed by atoms with van der Waals surface area (Å²) in [5.74, 6) is -0.245. The molecular formula is C13H38N2O11P2S2. The molecule has 0 fully saturated rings. The van der Waals surface area contributed by atoms with Gasteiger partial charge in [0.05, 0.1) is 26.7 Å². The summed E-state index contributed by atoms with van der Waals surface area (Å²) < 4.78 is 79.3. The van der Waals surface area contributed by atoms with E-state index in [0.29, 0.717) is 6.54 Å². The highest BCUT2D eigenvalue weighted by atomic mass is 32.2. The molecule has 0 aliphatic heterocycles. The van der Waals surface area contributed by atoms with Gasteiger partial charge in [-0.3, -0.25) is 23.6 Å². The van der Waals surface area contributed by atoms with Crippen LogP contribution in [0, 0.1) is 0 Å². The fourth-order valence-electron chi connectivity index (χ4n) is 0.262. The van der Waals surface area contributed by atoms with E-state index >= 15 is 0 Å². The molecule has 0 aliphatic carbocycles. The van der Waals surface area contributed by atoms with Crippen molar-refractivity contribution in [2.45, 2.75) is 13.8 Å². The summed E-state index contributed by atoms with van der Waals surface area (Å²) in [7, 11) is -5.64. The van der Waals surface area contributed by atoms with E-state index in [4.69, 9.17) is 5.50 Å². The fraction of sp³-hybridized carbons (Fsp3) is 0.923. The molecule has 0 bridgehead atoms. The SMILES string of the molecule is CCNS(C)(=O)=O.COC(C)=O.COP(C)(C)=O.COP(C)(N)=O.COS(C)(=O)=O. The largest absolute Gasteiger partial charge is 0.469 e. The molecule has 0 saturated heterocycles. The molecule has 0 spiro atoms. The van der Waals surface area contributed by atoms with Crippen LogP contribution in [-0.2, 0) is 52.0 Å². The van der Waals surface area contributed by atoms with Gasteiger partial charge in [-0.05, 0) is 0 Å². The minimum atomic E-state index is -3.16. The Kier molecular flexibility index (Phi) is 27.4. The highest BCUT2D eigenvalue weighted by Crippen LogP contribution is 2.35. The average Bonchev–Trinajstić information content (AvgIpc) is 2.54. The third kappa shape index (κ3) is 91.5. The summed E-state index contributed by atoms with van der Waals surface area (Å²) >= 11 is 0. The Morgan fingerprint density at radius 2 is 1.17 bits per heavy atom. The minimum absolute atomic E-state index is 0.245. The Hall–Kier alpha value is -0.370. The van der Waals surface area contributed by atoms with Gasteiger partial charge in [-0.15, -0.1) is 0 Å². The van der Waals surface area contributed by atoms with Crippen molar-refractivity contribution in [3.05, 3.63) is 0 Å². The van der Waals surface area contributed by atoms with E-state index in [9.17, 15) is 30.8 Å². The Bertz CT molecular complexity index is 691. The summed E-state index contributed by atoms with van der Waals surface area (Å²) in [6.45, 7) is 8.08. The van der Waals surface area contributed by atoms with Crippen LogP contribution in [0.15, 0.2) is 0 Å². The monoisotopic (exact) mass is 524 g/mol. The number of methoxy groups -OCH3 is 1. The van der Waals surface area contributed by atoms with Crippen LogP contribution in [0.25, 0.3) is 0 Å². The first-order valence-electron chi connectivity index (χ1n) is 7.79. The Balaban J connectivity index is -0.0000000872. The van der Waals surface area contributed by atoms with Crippen molar-refractivity contribution in [2.24, 2.45) is 5.50 Å². The molecule has 17 heteroatoms. The summed E-state index contributed by atoms with van der Waals surface area (Å²) in [5, 5.41) is 0. The molecule has 0 aromatic carbocycles. The maximum atomic E-state index is 10.4. The lowest BCUT2D eigenvalue weighted by Gasteiger charge is -1.98. The molecule has 0 amide bonds. The number of hydrogen-bond acceptors (Lipinski definition) is 11. The van der Waals surface area contributed by atoms with Gasteiger partial charge >= 0.3 is 5.97 Å². The number of nitrogens with one attached hydrogen (secondary N) is 1. The minimum Gasteiger partial charge on any atom is -0.469 e. The Morgan fingerprint density at radius 3 is 1.17 bits per heavy atom. The van der Waals surface area contributed by atoms with E-state index in [0.717, 1.165) is 19.6 Å². The van der Waals surface area contributed by atoms with Crippen LogP contribution in [0.3, 0.4) is 0 Å². The zero-order valence-corrected chi connectivity index (χ0v) is 22.9. The van der Waals surface area contributed by atoms with Crippen molar-refractivity contribution >= 4 is 41.0 Å². The highest BCUT2D eigenvalue weighted by Gasteiger charge is 2.00. The maximum Gasteiger partial charge on any atom is 0.302 e. The summed E-state index contributed by atoms with van der Waals surface area (Å²) in [6, 6.07) is 0. The molecule has 0 saturated carbocycles. The van der Waals surface area contributed by atoms with Gasteiger partial charge in [0, 0.05) is 47.7 Å². The number of ether oxygens (including phenoxy) is 1. The van der Waals surface area contributed by atoms with E-state index in [1.165, 1.54) is 34.9 Å². The predicted octanol–water partition coefficient (Wildman–Crippen LogP) is 0.912. The number of esters is 1. The molecule has 0 aromatic rings. The molecule has 0 rings (SSSR count). The van der Waals surface area contributed by atoms with Crippen LogP contribution in [0.1, 0.15) is 13.8 Å². The molecule has 0 radical (unpaired) electrons. The molecule has 1 unspecified atom stereocenters. The van der Waals surface area contributed by atoms with Gasteiger partial charge in [-0.1, -0.05) is 6.92 Å². The van der Waals surface area contributed by atoms with Gasteiger partial charge in [0.25, 0.3) is 17.6 Å². The first-order chi connectivity index (χ1) is 13.0. The van der Waals surface area contributed by atoms with Crippen LogP contribution < -0.4 is 10.2 Å². The Morgan fingerprint density at radius 1 is 0.933 bits per heavy atom. The van der Waals surface area contributed by atoms with Gasteiger partial charge in [0.1, 0.15) is 0 Å². The summed E-state index contributed by atoms with van der Waals surface area (Å²) in [6.07, 6.45) is 2.13. The van der Waals surface area contributed by atoms with Gasteiger partial charge in [-0.2, -0.15) is 8.42 Å². The van der Waals surface area contributed by atoms with Crippen LogP contribution in [0.5, 0.6) is 0 Å². The molecule has 3 N–H and O–H groups in total. The average molecular weight is 525 g/mol. The van der Waals surface area contributed by atoms with Crippen molar-refractivity contribution in [2.75, 3.05) is 67.5 Å². The van der Waals surface area contributed by atoms with Crippen molar-refractivity contribution in [3.63, 3.8) is 0 Å². The van der Waals surface area contributed by atoms with Gasteiger partial charge < -0.3 is 13.8 Å². The van der Waals surface area contributed by atoms with E-state index in [2.05, 4.69) is 22.7 Å². The van der Waals surface area contributed by atoms with Crippen molar-refractivity contribution in [1.82, 2.24) is 4.72 Å². The topological polar surface area (TPSA) is 194 Å². The fourth-order valence-corrected chi connectivity index (χ4v) is 0.787. The molecule has 0 aromatic heterocycles. The summed E-state index contributed by atoms with van der Waals surface area (Å²) in [5.41, 5.74) is 4.87. The van der Waals surface area contributed by atoms with E-state index in [1.54, 1.807) is 20.3 Å². The number of rotatable bonds is 5. The molecular weight excluding hydrogens is 486 g/mol. The van der Waals surface area contributed by atoms with Crippen molar-refractivity contribution < 1.29 is 48.7 Å². The number of nitrogens with two attached hydrogens (primary N) is 1. The Labute approximate surface area is 181 Å². The van der Waals surface area contributed by atoms with Gasteiger partial charge in [0.15, 0.2) is 7.37 Å². The molecule has 0 heterocycles.